The molecule has 0 aliphatic carbocycles. The lowest BCUT2D eigenvalue weighted by Gasteiger charge is -2.11. The van der Waals surface area contributed by atoms with Gasteiger partial charge in [0.2, 0.25) is 0 Å². The maximum absolute atomic E-state index is 13.1. The fourth-order valence-electron chi connectivity index (χ4n) is 1.77. The van der Waals surface area contributed by atoms with Crippen LogP contribution in [0.15, 0.2) is 42.5 Å². The first kappa shape index (κ1) is 11.6. The molecule has 3 N–H and O–H groups in total. The predicted octanol–water partition coefficient (Wildman–Crippen LogP) is 3.22. The summed E-state index contributed by atoms with van der Waals surface area (Å²) in [5.74, 6) is -0.113. The van der Waals surface area contributed by atoms with Crippen LogP contribution in [0.25, 0.3) is 11.1 Å². The fourth-order valence-corrected chi connectivity index (χ4v) is 1.77. The second-order valence-electron chi connectivity index (χ2n) is 4.07. The van der Waals surface area contributed by atoms with Crippen LogP contribution in [0.5, 0.6) is 5.75 Å². The molecule has 0 radical (unpaired) electrons. The molecule has 0 spiro atoms. The first-order valence-electron chi connectivity index (χ1n) is 5.42. The highest BCUT2D eigenvalue weighted by atomic mass is 19.1. The number of phenolic OH excluding ortho intramolecular Hbond substituents is 1. The lowest BCUT2D eigenvalue weighted by Crippen LogP contribution is -2.05. The van der Waals surface area contributed by atoms with E-state index in [1.807, 2.05) is 6.07 Å². The lowest BCUT2D eigenvalue weighted by atomic mass is 9.99. The molecule has 0 saturated carbocycles. The van der Waals surface area contributed by atoms with E-state index in [1.165, 1.54) is 12.1 Å². The number of hydrogen-bond acceptors (Lipinski definition) is 2. The molecule has 0 aliphatic rings. The minimum absolute atomic E-state index is 0.167. The van der Waals surface area contributed by atoms with Crippen molar-refractivity contribution in [2.24, 2.45) is 5.73 Å². The van der Waals surface area contributed by atoms with Crippen LogP contribution >= 0.6 is 0 Å². The quantitative estimate of drug-likeness (QED) is 0.833. The SMILES string of the molecule is CC(N)c1cc(-c2cccc(F)c2)ccc1O. The van der Waals surface area contributed by atoms with Crippen molar-refractivity contribution in [2.75, 3.05) is 0 Å². The maximum Gasteiger partial charge on any atom is 0.123 e. The number of benzene rings is 2. The average molecular weight is 231 g/mol. The van der Waals surface area contributed by atoms with Crippen LogP contribution in [0.2, 0.25) is 0 Å². The van der Waals surface area contributed by atoms with Crippen LogP contribution < -0.4 is 5.73 Å². The minimum Gasteiger partial charge on any atom is -0.508 e. The number of halogens is 1. The molecule has 1 unspecified atom stereocenters. The van der Waals surface area contributed by atoms with Gasteiger partial charge in [-0.1, -0.05) is 18.2 Å². The summed E-state index contributed by atoms with van der Waals surface area (Å²) >= 11 is 0. The van der Waals surface area contributed by atoms with Crippen molar-refractivity contribution in [2.45, 2.75) is 13.0 Å². The molecule has 0 bridgehead atoms. The number of hydrogen-bond donors (Lipinski definition) is 2. The second kappa shape index (κ2) is 4.55. The maximum atomic E-state index is 13.1. The third-order valence-corrected chi connectivity index (χ3v) is 2.68. The normalized spacial score (nSPS) is 12.4. The second-order valence-corrected chi connectivity index (χ2v) is 4.07. The molecule has 2 aromatic carbocycles. The van der Waals surface area contributed by atoms with Crippen LogP contribution in [0.1, 0.15) is 18.5 Å². The molecule has 0 aliphatic heterocycles. The smallest absolute Gasteiger partial charge is 0.123 e. The summed E-state index contributed by atoms with van der Waals surface area (Å²) in [4.78, 5) is 0. The van der Waals surface area contributed by atoms with Gasteiger partial charge < -0.3 is 10.8 Å². The van der Waals surface area contributed by atoms with Gasteiger partial charge in [-0.2, -0.15) is 0 Å². The van der Waals surface area contributed by atoms with Crippen molar-refractivity contribution >= 4 is 0 Å². The zero-order chi connectivity index (χ0) is 12.4. The minimum atomic E-state index is -0.280. The Kier molecular flexibility index (Phi) is 3.11. The Morgan fingerprint density at radius 2 is 1.82 bits per heavy atom. The van der Waals surface area contributed by atoms with Gasteiger partial charge in [0.15, 0.2) is 0 Å². The van der Waals surface area contributed by atoms with Crippen LogP contribution in [0, 0.1) is 5.82 Å². The van der Waals surface area contributed by atoms with E-state index in [9.17, 15) is 9.50 Å². The molecule has 1 atom stereocenters. The molecule has 3 heteroatoms. The first-order chi connectivity index (χ1) is 8.08. The summed E-state index contributed by atoms with van der Waals surface area (Å²) in [7, 11) is 0. The average Bonchev–Trinajstić information content (AvgIpc) is 2.29. The molecular formula is C14H14FNO. The van der Waals surface area contributed by atoms with Crippen molar-refractivity contribution in [1.82, 2.24) is 0 Å². The Balaban J connectivity index is 2.50. The molecular weight excluding hydrogens is 217 g/mol. The number of rotatable bonds is 2. The van der Waals surface area contributed by atoms with E-state index in [0.29, 0.717) is 5.56 Å². The monoisotopic (exact) mass is 231 g/mol. The molecule has 2 nitrogen and oxygen atoms in total. The third kappa shape index (κ3) is 2.45. The molecule has 0 amide bonds. The third-order valence-electron chi connectivity index (χ3n) is 2.68. The van der Waals surface area contributed by atoms with E-state index in [2.05, 4.69) is 0 Å². The van der Waals surface area contributed by atoms with E-state index in [1.54, 1.807) is 31.2 Å². The van der Waals surface area contributed by atoms with Crippen LogP contribution in [-0.4, -0.2) is 5.11 Å². The van der Waals surface area contributed by atoms with Crippen LogP contribution in [0.3, 0.4) is 0 Å². The highest BCUT2D eigenvalue weighted by Gasteiger charge is 2.08. The Hall–Kier alpha value is -1.87. The van der Waals surface area contributed by atoms with Crippen molar-refractivity contribution in [3.05, 3.63) is 53.8 Å². The summed E-state index contributed by atoms with van der Waals surface area (Å²) < 4.78 is 13.1. The molecule has 0 heterocycles. The van der Waals surface area contributed by atoms with Gasteiger partial charge in [0.1, 0.15) is 11.6 Å². The van der Waals surface area contributed by atoms with E-state index >= 15 is 0 Å². The lowest BCUT2D eigenvalue weighted by molar-refractivity contribution is 0.464. The van der Waals surface area contributed by atoms with E-state index in [-0.39, 0.29) is 17.6 Å². The van der Waals surface area contributed by atoms with Crippen LogP contribution in [-0.2, 0) is 0 Å². The molecule has 88 valence electrons. The standard InChI is InChI=1S/C14H14FNO/c1-9(16)13-8-11(5-6-14(13)17)10-3-2-4-12(15)7-10/h2-9,17H,16H2,1H3. The summed E-state index contributed by atoms with van der Waals surface area (Å²) in [5.41, 5.74) is 8.03. The number of aromatic hydroxyl groups is 1. The van der Waals surface area contributed by atoms with Gasteiger partial charge in [0.25, 0.3) is 0 Å². The van der Waals surface area contributed by atoms with Gasteiger partial charge in [0.05, 0.1) is 0 Å². The van der Waals surface area contributed by atoms with Gasteiger partial charge in [-0.25, -0.2) is 4.39 Å². The zero-order valence-electron chi connectivity index (χ0n) is 9.52. The van der Waals surface area contributed by atoms with Gasteiger partial charge in [-0.15, -0.1) is 0 Å². The first-order valence-corrected chi connectivity index (χ1v) is 5.42. The van der Waals surface area contributed by atoms with Crippen molar-refractivity contribution in [3.63, 3.8) is 0 Å². The predicted molar refractivity (Wildman–Crippen MR) is 66.1 cm³/mol. The molecule has 0 fully saturated rings. The van der Waals surface area contributed by atoms with E-state index in [4.69, 9.17) is 5.73 Å². The molecule has 2 rings (SSSR count). The molecule has 0 aromatic heterocycles. The number of nitrogens with two attached hydrogens (primary N) is 1. The van der Waals surface area contributed by atoms with Gasteiger partial charge in [0, 0.05) is 11.6 Å². The van der Waals surface area contributed by atoms with Crippen LogP contribution in [0.4, 0.5) is 4.39 Å². The Labute approximate surface area is 99.5 Å². The van der Waals surface area contributed by atoms with Gasteiger partial charge >= 0.3 is 0 Å². The van der Waals surface area contributed by atoms with Gasteiger partial charge in [-0.3, -0.25) is 0 Å². The highest BCUT2D eigenvalue weighted by Crippen LogP contribution is 2.29. The Bertz CT molecular complexity index is 537. The topological polar surface area (TPSA) is 46.2 Å². The van der Waals surface area contributed by atoms with Crippen molar-refractivity contribution in [3.8, 4) is 16.9 Å². The zero-order valence-corrected chi connectivity index (χ0v) is 9.52. The van der Waals surface area contributed by atoms with E-state index in [0.717, 1.165) is 11.1 Å². The summed E-state index contributed by atoms with van der Waals surface area (Å²) in [6.07, 6.45) is 0. The highest BCUT2D eigenvalue weighted by molar-refractivity contribution is 5.65. The molecule has 17 heavy (non-hydrogen) atoms. The molecule has 0 saturated heterocycles. The Morgan fingerprint density at radius 1 is 1.12 bits per heavy atom. The van der Waals surface area contributed by atoms with Crippen molar-refractivity contribution in [1.29, 1.82) is 0 Å². The molecule has 2 aromatic rings. The van der Waals surface area contributed by atoms with E-state index < -0.39 is 0 Å². The summed E-state index contributed by atoms with van der Waals surface area (Å²) in [5, 5.41) is 9.65. The number of phenols is 1. The largest absolute Gasteiger partial charge is 0.508 e. The van der Waals surface area contributed by atoms with Gasteiger partial charge in [-0.05, 0) is 42.3 Å². The van der Waals surface area contributed by atoms with Crippen molar-refractivity contribution < 1.29 is 9.50 Å². The fraction of sp³-hybridized carbons (Fsp3) is 0.143. The summed E-state index contributed by atoms with van der Waals surface area (Å²) in [6, 6.07) is 11.2. The summed E-state index contributed by atoms with van der Waals surface area (Å²) in [6.45, 7) is 1.80. The Morgan fingerprint density at radius 3 is 2.47 bits per heavy atom.